The maximum absolute atomic E-state index is 5.71. The van der Waals surface area contributed by atoms with E-state index in [1.54, 1.807) is 5.56 Å². The topological polar surface area (TPSA) is 26.0 Å². The van der Waals surface area contributed by atoms with Crippen LogP contribution in [-0.4, -0.2) is 0 Å². The first-order valence-electron chi connectivity index (χ1n) is 7.57. The lowest BCUT2D eigenvalue weighted by atomic mass is 9.48. The minimum absolute atomic E-state index is 0.544. The van der Waals surface area contributed by atoms with E-state index in [9.17, 15) is 0 Å². The first-order valence-corrected chi connectivity index (χ1v) is 7.57. The number of hydrogen-bond acceptors (Lipinski definition) is 1. The Balaban J connectivity index is 1.70. The summed E-state index contributed by atoms with van der Waals surface area (Å²) in [6, 6.07) is 9.23. The van der Waals surface area contributed by atoms with E-state index >= 15 is 0 Å². The Kier molecular flexibility index (Phi) is 2.35. The molecular weight excluding hydrogens is 218 g/mol. The van der Waals surface area contributed by atoms with Crippen molar-refractivity contribution in [3.05, 3.63) is 35.4 Å². The molecule has 0 unspecified atom stereocenters. The van der Waals surface area contributed by atoms with E-state index in [1.807, 2.05) is 0 Å². The second-order valence-electron chi connectivity index (χ2n) is 7.10. The van der Waals surface area contributed by atoms with Gasteiger partial charge in [0.1, 0.15) is 0 Å². The summed E-state index contributed by atoms with van der Waals surface area (Å²) in [5, 5.41) is 0. The van der Waals surface area contributed by atoms with E-state index in [-0.39, 0.29) is 0 Å². The number of nitrogens with two attached hydrogens (primary N) is 1. The van der Waals surface area contributed by atoms with Gasteiger partial charge in [-0.05, 0) is 72.8 Å². The molecule has 1 heteroatoms. The summed E-state index contributed by atoms with van der Waals surface area (Å²) < 4.78 is 0. The molecule has 4 fully saturated rings. The van der Waals surface area contributed by atoms with Gasteiger partial charge in [-0.2, -0.15) is 0 Å². The van der Waals surface area contributed by atoms with Crippen molar-refractivity contribution >= 4 is 0 Å². The maximum Gasteiger partial charge on any atom is 0.0178 e. The van der Waals surface area contributed by atoms with Crippen LogP contribution in [0.15, 0.2) is 24.3 Å². The molecule has 18 heavy (non-hydrogen) atoms. The summed E-state index contributed by atoms with van der Waals surface area (Å²) in [6.45, 7) is 0.668. The molecule has 2 N–H and O–H groups in total. The van der Waals surface area contributed by atoms with Gasteiger partial charge in [-0.3, -0.25) is 0 Å². The highest BCUT2D eigenvalue weighted by atomic mass is 14.6. The summed E-state index contributed by atoms with van der Waals surface area (Å²) in [5.74, 6) is 3.10. The van der Waals surface area contributed by atoms with E-state index in [2.05, 4.69) is 24.3 Å². The second-order valence-corrected chi connectivity index (χ2v) is 7.10. The van der Waals surface area contributed by atoms with E-state index in [0.29, 0.717) is 12.0 Å². The van der Waals surface area contributed by atoms with Crippen molar-refractivity contribution in [1.29, 1.82) is 0 Å². The summed E-state index contributed by atoms with van der Waals surface area (Å²) >= 11 is 0. The van der Waals surface area contributed by atoms with Gasteiger partial charge in [-0.15, -0.1) is 0 Å². The van der Waals surface area contributed by atoms with Crippen LogP contribution in [0.1, 0.15) is 49.7 Å². The average Bonchev–Trinajstić information content (AvgIpc) is 2.37. The monoisotopic (exact) mass is 241 g/mol. The lowest BCUT2D eigenvalue weighted by Crippen LogP contribution is -2.48. The first-order chi connectivity index (χ1) is 8.77. The van der Waals surface area contributed by atoms with Gasteiger partial charge in [-0.25, -0.2) is 0 Å². The fourth-order valence-corrected chi connectivity index (χ4v) is 5.46. The summed E-state index contributed by atoms with van der Waals surface area (Å²) in [5.41, 5.74) is 9.13. The lowest BCUT2D eigenvalue weighted by molar-refractivity contribution is -0.00519. The molecule has 4 aliphatic carbocycles. The molecule has 0 aromatic heterocycles. The van der Waals surface area contributed by atoms with Crippen molar-refractivity contribution in [2.75, 3.05) is 0 Å². The second kappa shape index (κ2) is 3.84. The predicted molar refractivity (Wildman–Crippen MR) is 74.2 cm³/mol. The third-order valence-electron chi connectivity index (χ3n) is 5.84. The Morgan fingerprint density at radius 1 is 0.889 bits per heavy atom. The summed E-state index contributed by atoms with van der Waals surface area (Å²) in [4.78, 5) is 0. The summed E-state index contributed by atoms with van der Waals surface area (Å²) in [6.07, 6.45) is 8.96. The zero-order valence-corrected chi connectivity index (χ0v) is 11.1. The molecule has 4 aliphatic rings. The Bertz CT molecular complexity index is 410. The predicted octanol–water partition coefficient (Wildman–Crippen LogP) is 3.61. The molecule has 0 heterocycles. The first kappa shape index (κ1) is 11.0. The molecule has 0 aliphatic heterocycles. The Hall–Kier alpha value is -0.820. The molecule has 4 saturated carbocycles. The van der Waals surface area contributed by atoms with Gasteiger partial charge in [0.05, 0.1) is 0 Å². The Morgan fingerprint density at radius 3 is 1.83 bits per heavy atom. The van der Waals surface area contributed by atoms with Crippen LogP contribution < -0.4 is 5.73 Å². The van der Waals surface area contributed by atoms with Gasteiger partial charge >= 0.3 is 0 Å². The highest BCUT2D eigenvalue weighted by molar-refractivity contribution is 5.32. The van der Waals surface area contributed by atoms with Crippen molar-refractivity contribution < 1.29 is 0 Å². The fourth-order valence-electron chi connectivity index (χ4n) is 5.46. The summed E-state index contributed by atoms with van der Waals surface area (Å²) in [7, 11) is 0. The highest BCUT2D eigenvalue weighted by Crippen LogP contribution is 2.60. The Morgan fingerprint density at radius 2 is 1.39 bits per heavy atom. The molecule has 0 amide bonds. The fraction of sp³-hybridized carbons (Fsp3) is 0.647. The van der Waals surface area contributed by atoms with Crippen molar-refractivity contribution in [3.8, 4) is 0 Å². The van der Waals surface area contributed by atoms with Crippen LogP contribution in [-0.2, 0) is 12.0 Å². The van der Waals surface area contributed by atoms with Gasteiger partial charge in [0.25, 0.3) is 0 Å². The van der Waals surface area contributed by atoms with Crippen LogP contribution in [0, 0.1) is 17.8 Å². The van der Waals surface area contributed by atoms with Crippen LogP contribution >= 0.6 is 0 Å². The molecule has 1 aromatic carbocycles. The molecule has 0 spiro atoms. The van der Waals surface area contributed by atoms with Crippen LogP contribution in [0.3, 0.4) is 0 Å². The van der Waals surface area contributed by atoms with Crippen LogP contribution in [0.5, 0.6) is 0 Å². The standard InChI is InChI=1S/C17H23N/c18-11-12-1-3-16(4-2-12)17-8-13-5-14(9-17)7-15(6-13)10-17/h1-4,13-15H,5-11,18H2. The Labute approximate surface area is 110 Å². The molecule has 1 nitrogen and oxygen atoms in total. The van der Waals surface area contributed by atoms with Gasteiger partial charge in [0.15, 0.2) is 0 Å². The van der Waals surface area contributed by atoms with Gasteiger partial charge in [-0.1, -0.05) is 24.3 Å². The normalized spacial score (nSPS) is 41.3. The number of rotatable bonds is 2. The quantitative estimate of drug-likeness (QED) is 0.841. The molecule has 0 radical (unpaired) electrons. The van der Waals surface area contributed by atoms with Crippen LogP contribution in [0.4, 0.5) is 0 Å². The third-order valence-corrected chi connectivity index (χ3v) is 5.84. The van der Waals surface area contributed by atoms with Crippen LogP contribution in [0.2, 0.25) is 0 Å². The van der Waals surface area contributed by atoms with Gasteiger partial charge in [0, 0.05) is 6.54 Å². The molecular formula is C17H23N. The lowest BCUT2D eigenvalue weighted by Gasteiger charge is -2.57. The van der Waals surface area contributed by atoms with Crippen molar-refractivity contribution in [1.82, 2.24) is 0 Å². The largest absolute Gasteiger partial charge is 0.326 e. The molecule has 96 valence electrons. The SMILES string of the molecule is NCc1ccc(C23CC4CC(CC(C4)C2)C3)cc1. The van der Waals surface area contributed by atoms with Gasteiger partial charge < -0.3 is 5.73 Å². The van der Waals surface area contributed by atoms with Crippen molar-refractivity contribution in [2.45, 2.75) is 50.5 Å². The van der Waals surface area contributed by atoms with E-state index < -0.39 is 0 Å². The zero-order valence-electron chi connectivity index (χ0n) is 11.1. The minimum Gasteiger partial charge on any atom is -0.326 e. The van der Waals surface area contributed by atoms with Crippen molar-refractivity contribution in [2.24, 2.45) is 23.5 Å². The van der Waals surface area contributed by atoms with Crippen LogP contribution in [0.25, 0.3) is 0 Å². The average molecular weight is 241 g/mol. The molecule has 0 saturated heterocycles. The molecule has 5 rings (SSSR count). The van der Waals surface area contributed by atoms with E-state index in [1.165, 1.54) is 44.1 Å². The van der Waals surface area contributed by atoms with E-state index in [4.69, 9.17) is 5.73 Å². The molecule has 0 atom stereocenters. The van der Waals surface area contributed by atoms with E-state index in [0.717, 1.165) is 17.8 Å². The minimum atomic E-state index is 0.544. The maximum atomic E-state index is 5.71. The number of hydrogen-bond donors (Lipinski definition) is 1. The molecule has 1 aromatic rings. The third kappa shape index (κ3) is 1.56. The smallest absolute Gasteiger partial charge is 0.0178 e. The number of benzene rings is 1. The highest BCUT2D eigenvalue weighted by Gasteiger charge is 2.51. The van der Waals surface area contributed by atoms with Crippen molar-refractivity contribution in [3.63, 3.8) is 0 Å². The van der Waals surface area contributed by atoms with Gasteiger partial charge in [0.2, 0.25) is 0 Å². The molecule has 4 bridgehead atoms. The zero-order chi connectivity index (χ0) is 12.2.